The summed E-state index contributed by atoms with van der Waals surface area (Å²) < 4.78 is 39.7. The minimum absolute atomic E-state index is 0.239. The molecule has 0 radical (unpaired) electrons. The third kappa shape index (κ3) is 2.27. The zero-order valence-corrected chi connectivity index (χ0v) is 8.41. The van der Waals surface area contributed by atoms with Crippen molar-refractivity contribution in [3.05, 3.63) is 59.9 Å². The average molecular weight is 225 g/mol. The van der Waals surface area contributed by atoms with E-state index in [-0.39, 0.29) is 12.1 Å². The quantitative estimate of drug-likeness (QED) is 0.736. The predicted molar refractivity (Wildman–Crippen MR) is 55.0 cm³/mol. The number of nitrogens with zero attached hydrogens (tertiary/aromatic N) is 1. The Morgan fingerprint density at radius 3 is 2.19 bits per heavy atom. The molecule has 0 aliphatic carbocycles. The van der Waals surface area contributed by atoms with Gasteiger partial charge < -0.3 is 4.57 Å². The first-order valence-corrected chi connectivity index (χ1v) is 4.83. The number of hydrogen-bond donors (Lipinski definition) is 0. The third-order valence-corrected chi connectivity index (χ3v) is 2.34. The number of halogens is 3. The monoisotopic (exact) mass is 225 g/mol. The van der Waals surface area contributed by atoms with Crippen LogP contribution in [0.4, 0.5) is 13.2 Å². The minimum atomic E-state index is -4.29. The fraction of sp³-hybridized carbons (Fsp3) is 0.167. The molecule has 0 amide bonds. The lowest BCUT2D eigenvalue weighted by Crippen LogP contribution is -2.10. The van der Waals surface area contributed by atoms with Crippen molar-refractivity contribution in [1.29, 1.82) is 0 Å². The van der Waals surface area contributed by atoms with Gasteiger partial charge in [0.25, 0.3) is 0 Å². The van der Waals surface area contributed by atoms with E-state index in [0.29, 0.717) is 0 Å². The standard InChI is InChI=1S/C12H10F3N/c13-12(14,15)11-6-2-1-5-10(11)9-16-7-3-4-8-16/h1-8H,9H2. The maximum absolute atomic E-state index is 12.7. The molecule has 2 aromatic rings. The van der Waals surface area contributed by atoms with E-state index in [9.17, 15) is 13.2 Å². The van der Waals surface area contributed by atoms with Gasteiger partial charge in [-0.25, -0.2) is 0 Å². The molecule has 1 heterocycles. The van der Waals surface area contributed by atoms with Crippen molar-refractivity contribution in [2.24, 2.45) is 0 Å². The first-order chi connectivity index (χ1) is 7.57. The molecule has 0 fully saturated rings. The van der Waals surface area contributed by atoms with Crippen molar-refractivity contribution in [1.82, 2.24) is 4.57 Å². The number of benzene rings is 1. The molecular weight excluding hydrogens is 215 g/mol. The van der Waals surface area contributed by atoms with Crippen molar-refractivity contribution in [3.63, 3.8) is 0 Å². The molecule has 1 nitrogen and oxygen atoms in total. The SMILES string of the molecule is FC(F)(F)c1ccccc1Cn1cccc1. The Labute approximate surface area is 91.1 Å². The predicted octanol–water partition coefficient (Wildman–Crippen LogP) is 3.56. The van der Waals surface area contributed by atoms with Crippen molar-refractivity contribution in [3.8, 4) is 0 Å². The molecule has 16 heavy (non-hydrogen) atoms. The van der Waals surface area contributed by atoms with E-state index in [1.807, 2.05) is 0 Å². The summed E-state index contributed by atoms with van der Waals surface area (Å²) in [6.07, 6.45) is -0.802. The van der Waals surface area contributed by atoms with Crippen molar-refractivity contribution in [2.75, 3.05) is 0 Å². The van der Waals surface area contributed by atoms with Gasteiger partial charge >= 0.3 is 6.18 Å². The summed E-state index contributed by atoms with van der Waals surface area (Å²) in [7, 11) is 0. The van der Waals surface area contributed by atoms with Crippen molar-refractivity contribution in [2.45, 2.75) is 12.7 Å². The highest BCUT2D eigenvalue weighted by Crippen LogP contribution is 2.32. The molecule has 1 aromatic heterocycles. The Kier molecular flexibility index (Phi) is 2.73. The Hall–Kier alpha value is -1.71. The lowest BCUT2D eigenvalue weighted by molar-refractivity contribution is -0.138. The van der Waals surface area contributed by atoms with E-state index in [2.05, 4.69) is 0 Å². The number of rotatable bonds is 2. The van der Waals surface area contributed by atoms with Gasteiger partial charge in [0, 0.05) is 18.9 Å². The second-order valence-electron chi connectivity index (χ2n) is 3.51. The molecule has 0 bridgehead atoms. The van der Waals surface area contributed by atoms with E-state index in [4.69, 9.17) is 0 Å². The van der Waals surface area contributed by atoms with Gasteiger partial charge in [0.05, 0.1) is 5.56 Å². The van der Waals surface area contributed by atoms with Gasteiger partial charge in [0.2, 0.25) is 0 Å². The molecule has 4 heteroatoms. The Bertz CT molecular complexity index is 457. The molecule has 0 N–H and O–H groups in total. The topological polar surface area (TPSA) is 4.93 Å². The first-order valence-electron chi connectivity index (χ1n) is 4.83. The van der Waals surface area contributed by atoms with Crippen LogP contribution in [0, 0.1) is 0 Å². The molecule has 0 aliphatic rings. The highest BCUT2D eigenvalue weighted by atomic mass is 19.4. The fourth-order valence-electron chi connectivity index (χ4n) is 1.61. The van der Waals surface area contributed by atoms with E-state index in [0.717, 1.165) is 6.07 Å². The van der Waals surface area contributed by atoms with E-state index >= 15 is 0 Å². The highest BCUT2D eigenvalue weighted by Gasteiger charge is 2.32. The molecule has 0 saturated heterocycles. The molecular formula is C12H10F3N. The summed E-state index contributed by atoms with van der Waals surface area (Å²) in [6, 6.07) is 9.21. The molecule has 0 unspecified atom stereocenters. The van der Waals surface area contributed by atoms with Crippen LogP contribution in [0.15, 0.2) is 48.8 Å². The van der Waals surface area contributed by atoms with Gasteiger partial charge in [0.15, 0.2) is 0 Å². The smallest absolute Gasteiger partial charge is 0.350 e. The lowest BCUT2D eigenvalue weighted by Gasteiger charge is -2.12. The Balaban J connectivity index is 2.34. The van der Waals surface area contributed by atoms with Crippen LogP contribution in [0.5, 0.6) is 0 Å². The summed E-state index contributed by atoms with van der Waals surface area (Å²) in [6.45, 7) is 0.239. The van der Waals surface area contributed by atoms with Gasteiger partial charge in [0.1, 0.15) is 0 Å². The summed E-state index contributed by atoms with van der Waals surface area (Å²) in [5.74, 6) is 0. The van der Waals surface area contributed by atoms with Crippen molar-refractivity contribution < 1.29 is 13.2 Å². The van der Waals surface area contributed by atoms with Crippen LogP contribution in [-0.4, -0.2) is 4.57 Å². The second kappa shape index (κ2) is 4.04. The van der Waals surface area contributed by atoms with E-state index < -0.39 is 11.7 Å². The van der Waals surface area contributed by atoms with Crippen LogP contribution >= 0.6 is 0 Å². The zero-order chi connectivity index (χ0) is 11.6. The molecule has 84 valence electrons. The average Bonchev–Trinajstić information content (AvgIpc) is 2.70. The van der Waals surface area contributed by atoms with Crippen LogP contribution in [-0.2, 0) is 12.7 Å². The van der Waals surface area contributed by atoms with Gasteiger partial charge in [-0.1, -0.05) is 18.2 Å². The molecule has 0 atom stereocenters. The molecule has 0 saturated carbocycles. The summed E-state index contributed by atoms with van der Waals surface area (Å²) in [5.41, 5.74) is -0.282. The van der Waals surface area contributed by atoms with Crippen LogP contribution in [0.3, 0.4) is 0 Å². The van der Waals surface area contributed by atoms with Crippen LogP contribution < -0.4 is 0 Å². The third-order valence-electron chi connectivity index (χ3n) is 2.34. The first kappa shape index (κ1) is 10.8. The number of hydrogen-bond acceptors (Lipinski definition) is 0. The van der Waals surface area contributed by atoms with Crippen LogP contribution in [0.25, 0.3) is 0 Å². The van der Waals surface area contributed by atoms with Gasteiger partial charge in [-0.15, -0.1) is 0 Å². The number of alkyl halides is 3. The van der Waals surface area contributed by atoms with Gasteiger partial charge in [-0.05, 0) is 23.8 Å². The zero-order valence-electron chi connectivity index (χ0n) is 8.41. The summed E-state index contributed by atoms with van der Waals surface area (Å²) in [4.78, 5) is 0. The normalized spacial score (nSPS) is 11.7. The van der Waals surface area contributed by atoms with Crippen molar-refractivity contribution >= 4 is 0 Å². The fourth-order valence-corrected chi connectivity index (χ4v) is 1.61. The summed E-state index contributed by atoms with van der Waals surface area (Å²) >= 11 is 0. The number of aromatic nitrogens is 1. The summed E-state index contributed by atoms with van der Waals surface area (Å²) in [5, 5.41) is 0. The molecule has 0 spiro atoms. The maximum atomic E-state index is 12.7. The van der Waals surface area contributed by atoms with Gasteiger partial charge in [-0.2, -0.15) is 13.2 Å². The highest BCUT2D eigenvalue weighted by molar-refractivity contribution is 5.29. The Morgan fingerprint density at radius 1 is 0.938 bits per heavy atom. The van der Waals surface area contributed by atoms with Crippen LogP contribution in [0.2, 0.25) is 0 Å². The molecule has 1 aromatic carbocycles. The van der Waals surface area contributed by atoms with Crippen LogP contribution in [0.1, 0.15) is 11.1 Å². The minimum Gasteiger partial charge on any atom is -0.350 e. The largest absolute Gasteiger partial charge is 0.416 e. The second-order valence-corrected chi connectivity index (χ2v) is 3.51. The maximum Gasteiger partial charge on any atom is 0.416 e. The van der Waals surface area contributed by atoms with E-state index in [1.165, 1.54) is 12.1 Å². The Morgan fingerprint density at radius 2 is 1.56 bits per heavy atom. The lowest BCUT2D eigenvalue weighted by atomic mass is 10.1. The molecule has 0 aliphatic heterocycles. The van der Waals surface area contributed by atoms with E-state index in [1.54, 1.807) is 35.2 Å². The van der Waals surface area contributed by atoms with Gasteiger partial charge in [-0.3, -0.25) is 0 Å². The molecule has 2 rings (SSSR count).